The van der Waals surface area contributed by atoms with E-state index in [1.54, 1.807) is 18.2 Å². The van der Waals surface area contributed by atoms with Crippen LogP contribution in [-0.4, -0.2) is 43.2 Å². The smallest absolute Gasteiger partial charge is 0.198 e. The summed E-state index contributed by atoms with van der Waals surface area (Å²) < 4.78 is 18.7. The van der Waals surface area contributed by atoms with Crippen LogP contribution in [0.4, 0.5) is 4.39 Å². The number of likely N-dealkylation sites (tertiary alicyclic amines) is 1. The van der Waals surface area contributed by atoms with E-state index >= 15 is 0 Å². The number of aldehydes is 1. The highest BCUT2D eigenvalue weighted by Gasteiger charge is 2.24. The van der Waals surface area contributed by atoms with Gasteiger partial charge in [-0.2, -0.15) is 0 Å². The first kappa shape index (κ1) is 14.7. The summed E-state index contributed by atoms with van der Waals surface area (Å²) in [6.07, 6.45) is 1.83. The quantitative estimate of drug-likeness (QED) is 0.587. The van der Waals surface area contributed by atoms with E-state index in [0.29, 0.717) is 32.3 Å². The van der Waals surface area contributed by atoms with Crippen LogP contribution in [0.1, 0.15) is 12.8 Å². The van der Waals surface area contributed by atoms with E-state index in [0.717, 1.165) is 13.1 Å². The standard InChI is InChI=1S/C15H18FNO3/c16-13-3-1-2-4-15(13)20-10-9-17-7-5-12(6-8-17)14(19)11-18/h1-4,11-12H,5-10H2. The van der Waals surface area contributed by atoms with Crippen LogP contribution in [0.5, 0.6) is 5.75 Å². The van der Waals surface area contributed by atoms with Crippen molar-refractivity contribution in [2.75, 3.05) is 26.2 Å². The second-order valence-electron chi connectivity index (χ2n) is 4.92. The number of benzene rings is 1. The molecule has 1 aromatic carbocycles. The van der Waals surface area contributed by atoms with E-state index in [-0.39, 0.29) is 23.3 Å². The number of piperidine rings is 1. The lowest BCUT2D eigenvalue weighted by molar-refractivity contribution is -0.133. The van der Waals surface area contributed by atoms with Gasteiger partial charge in [-0.1, -0.05) is 12.1 Å². The molecule has 1 aromatic rings. The van der Waals surface area contributed by atoms with Gasteiger partial charge in [0.05, 0.1) is 0 Å². The van der Waals surface area contributed by atoms with Crippen molar-refractivity contribution < 1.29 is 18.7 Å². The number of nitrogens with zero attached hydrogens (tertiary/aromatic N) is 1. The molecular weight excluding hydrogens is 261 g/mol. The van der Waals surface area contributed by atoms with Gasteiger partial charge < -0.3 is 4.74 Å². The minimum atomic E-state index is -0.359. The lowest BCUT2D eigenvalue weighted by Crippen LogP contribution is -2.38. The Kier molecular flexibility index (Phi) is 5.24. The number of ether oxygens (including phenoxy) is 1. The molecule has 5 heteroatoms. The Hall–Kier alpha value is -1.75. The van der Waals surface area contributed by atoms with E-state index < -0.39 is 0 Å². The average Bonchev–Trinajstić information content (AvgIpc) is 2.49. The first-order valence-electron chi connectivity index (χ1n) is 6.79. The molecule has 20 heavy (non-hydrogen) atoms. The van der Waals surface area contributed by atoms with Crippen LogP contribution in [0.25, 0.3) is 0 Å². The average molecular weight is 279 g/mol. The van der Waals surface area contributed by atoms with Gasteiger partial charge in [0.25, 0.3) is 0 Å². The molecule has 0 saturated carbocycles. The summed E-state index contributed by atoms with van der Waals surface area (Å²) in [7, 11) is 0. The molecule has 1 aliphatic rings. The molecule has 1 heterocycles. The van der Waals surface area contributed by atoms with E-state index in [1.165, 1.54) is 6.07 Å². The van der Waals surface area contributed by atoms with Crippen LogP contribution in [0.3, 0.4) is 0 Å². The molecule has 0 N–H and O–H groups in total. The van der Waals surface area contributed by atoms with E-state index in [2.05, 4.69) is 4.90 Å². The van der Waals surface area contributed by atoms with Gasteiger partial charge in [-0.25, -0.2) is 4.39 Å². The van der Waals surface area contributed by atoms with E-state index in [9.17, 15) is 14.0 Å². The zero-order valence-corrected chi connectivity index (χ0v) is 11.3. The third kappa shape index (κ3) is 3.87. The Morgan fingerprint density at radius 1 is 1.35 bits per heavy atom. The molecule has 1 saturated heterocycles. The molecule has 1 aliphatic heterocycles. The maximum atomic E-state index is 13.3. The summed E-state index contributed by atoms with van der Waals surface area (Å²) in [5.41, 5.74) is 0. The summed E-state index contributed by atoms with van der Waals surface area (Å²) >= 11 is 0. The van der Waals surface area contributed by atoms with Crippen molar-refractivity contribution in [3.05, 3.63) is 30.1 Å². The highest BCUT2D eigenvalue weighted by molar-refractivity contribution is 6.25. The number of hydrogen-bond donors (Lipinski definition) is 0. The topological polar surface area (TPSA) is 46.6 Å². The summed E-state index contributed by atoms with van der Waals surface area (Å²) in [6.45, 7) is 2.64. The normalized spacial score (nSPS) is 16.9. The van der Waals surface area contributed by atoms with Crippen molar-refractivity contribution in [2.45, 2.75) is 12.8 Å². The fraction of sp³-hybridized carbons (Fsp3) is 0.467. The Morgan fingerprint density at radius 3 is 2.70 bits per heavy atom. The monoisotopic (exact) mass is 279 g/mol. The summed E-state index contributed by atoms with van der Waals surface area (Å²) in [6, 6.07) is 6.32. The fourth-order valence-electron chi connectivity index (χ4n) is 2.38. The van der Waals surface area contributed by atoms with Crippen molar-refractivity contribution in [2.24, 2.45) is 5.92 Å². The van der Waals surface area contributed by atoms with Crippen LogP contribution in [-0.2, 0) is 9.59 Å². The third-order valence-corrected chi connectivity index (χ3v) is 3.61. The number of hydrogen-bond acceptors (Lipinski definition) is 4. The highest BCUT2D eigenvalue weighted by Crippen LogP contribution is 2.18. The minimum Gasteiger partial charge on any atom is -0.489 e. The molecule has 0 radical (unpaired) electrons. The molecule has 2 rings (SSSR count). The number of ketones is 1. The lowest BCUT2D eigenvalue weighted by Gasteiger charge is -2.30. The number of carbonyl (C=O) groups is 2. The van der Waals surface area contributed by atoms with Crippen LogP contribution in [0, 0.1) is 11.7 Å². The molecule has 0 bridgehead atoms. The van der Waals surface area contributed by atoms with Gasteiger partial charge in [0, 0.05) is 12.5 Å². The predicted octanol–water partition coefficient (Wildman–Crippen LogP) is 1.68. The summed E-state index contributed by atoms with van der Waals surface area (Å²) in [5, 5.41) is 0. The fourth-order valence-corrected chi connectivity index (χ4v) is 2.38. The zero-order valence-electron chi connectivity index (χ0n) is 11.3. The first-order chi connectivity index (χ1) is 9.70. The van der Waals surface area contributed by atoms with Gasteiger partial charge in [0.1, 0.15) is 6.61 Å². The van der Waals surface area contributed by atoms with Gasteiger partial charge in [-0.05, 0) is 38.1 Å². The molecule has 0 unspecified atom stereocenters. The molecule has 0 amide bonds. The Labute approximate surface area is 117 Å². The Morgan fingerprint density at radius 2 is 2.05 bits per heavy atom. The van der Waals surface area contributed by atoms with Gasteiger partial charge in [0.15, 0.2) is 23.6 Å². The second-order valence-corrected chi connectivity index (χ2v) is 4.92. The lowest BCUT2D eigenvalue weighted by atomic mass is 9.93. The van der Waals surface area contributed by atoms with Gasteiger partial charge in [-0.15, -0.1) is 0 Å². The molecule has 0 atom stereocenters. The molecule has 1 fully saturated rings. The van der Waals surface area contributed by atoms with Crippen molar-refractivity contribution >= 4 is 12.1 Å². The highest BCUT2D eigenvalue weighted by atomic mass is 19.1. The van der Waals surface area contributed by atoms with Gasteiger partial charge in [0.2, 0.25) is 0 Å². The zero-order chi connectivity index (χ0) is 14.4. The molecule has 4 nitrogen and oxygen atoms in total. The number of halogens is 1. The number of para-hydroxylation sites is 1. The van der Waals surface area contributed by atoms with Crippen molar-refractivity contribution in [3.8, 4) is 5.75 Å². The van der Waals surface area contributed by atoms with Gasteiger partial charge >= 0.3 is 0 Å². The van der Waals surface area contributed by atoms with Crippen LogP contribution < -0.4 is 4.74 Å². The van der Waals surface area contributed by atoms with Crippen molar-refractivity contribution in [1.29, 1.82) is 0 Å². The summed E-state index contributed by atoms with van der Waals surface area (Å²) in [4.78, 5) is 23.8. The van der Waals surface area contributed by atoms with Crippen molar-refractivity contribution in [1.82, 2.24) is 4.90 Å². The predicted molar refractivity (Wildman–Crippen MR) is 72.1 cm³/mol. The molecular formula is C15H18FNO3. The largest absolute Gasteiger partial charge is 0.489 e. The minimum absolute atomic E-state index is 0.128. The van der Waals surface area contributed by atoms with E-state index in [1.807, 2.05) is 0 Å². The Balaban J connectivity index is 1.70. The Bertz CT molecular complexity index is 470. The number of carbonyl (C=O) groups excluding carboxylic acids is 2. The number of Topliss-reactive ketones (excluding diaryl/α,β-unsaturated/α-hetero) is 1. The van der Waals surface area contributed by atoms with E-state index in [4.69, 9.17) is 4.74 Å². The summed E-state index contributed by atoms with van der Waals surface area (Å²) in [5.74, 6) is -0.523. The second kappa shape index (κ2) is 7.14. The van der Waals surface area contributed by atoms with Crippen LogP contribution in [0.15, 0.2) is 24.3 Å². The maximum absolute atomic E-state index is 13.3. The molecule has 0 aromatic heterocycles. The molecule has 0 aliphatic carbocycles. The van der Waals surface area contributed by atoms with Gasteiger partial charge in [-0.3, -0.25) is 14.5 Å². The van der Waals surface area contributed by atoms with Crippen LogP contribution >= 0.6 is 0 Å². The SMILES string of the molecule is O=CC(=O)C1CCN(CCOc2ccccc2F)CC1. The molecule has 0 spiro atoms. The molecule has 108 valence electrons. The maximum Gasteiger partial charge on any atom is 0.198 e. The first-order valence-corrected chi connectivity index (χ1v) is 6.79. The van der Waals surface area contributed by atoms with Crippen molar-refractivity contribution in [3.63, 3.8) is 0 Å². The van der Waals surface area contributed by atoms with Crippen LogP contribution in [0.2, 0.25) is 0 Å². The third-order valence-electron chi connectivity index (χ3n) is 3.61. The number of rotatable bonds is 6.